The summed E-state index contributed by atoms with van der Waals surface area (Å²) in [7, 11) is 13.4. The summed E-state index contributed by atoms with van der Waals surface area (Å²) in [4.78, 5) is 52.9. The van der Waals surface area contributed by atoms with Crippen LogP contribution in [0.4, 0.5) is 11.4 Å². The molecule has 0 saturated heterocycles. The minimum absolute atomic E-state index is 0.106. The molecular weight excluding hydrogens is 989 g/mol. The lowest BCUT2D eigenvalue weighted by molar-refractivity contribution is -0.116. The van der Waals surface area contributed by atoms with Gasteiger partial charge in [-0.25, -0.2) is 14.6 Å². The van der Waals surface area contributed by atoms with E-state index >= 15 is 0 Å². The fraction of sp³-hybridized carbons (Fsp3) is 0.328. The van der Waals surface area contributed by atoms with Gasteiger partial charge in [0.15, 0.2) is 11.3 Å². The summed E-state index contributed by atoms with van der Waals surface area (Å²) in [5, 5.41) is 23.2. The van der Waals surface area contributed by atoms with E-state index in [1.54, 1.807) is 33.5 Å². The van der Waals surface area contributed by atoms with E-state index in [2.05, 4.69) is 56.8 Å². The number of hydrogen-bond acceptors (Lipinski definition) is 13. The lowest BCUT2D eigenvalue weighted by Gasteiger charge is -2.20. The van der Waals surface area contributed by atoms with Gasteiger partial charge in [-0.1, -0.05) is 56.0 Å². The van der Waals surface area contributed by atoms with Gasteiger partial charge < -0.3 is 44.9 Å². The topological polar surface area (TPSA) is 197 Å². The molecule has 0 aliphatic rings. The molecule has 4 N–H and O–H groups in total. The van der Waals surface area contributed by atoms with E-state index in [-0.39, 0.29) is 17.7 Å². The highest BCUT2D eigenvalue weighted by Crippen LogP contribution is 2.38. The predicted molar refractivity (Wildman–Crippen MR) is 311 cm³/mol. The normalized spacial score (nSPS) is 11.4. The maximum Gasteiger partial charge on any atom is 0.253 e. The number of likely N-dealkylation sites (N-methyl/N-ethyl adjacent to an activating group) is 2. The van der Waals surface area contributed by atoms with Crippen molar-refractivity contribution >= 4 is 59.2 Å². The van der Waals surface area contributed by atoms with Crippen LogP contribution < -0.4 is 30.3 Å². The number of H-pyrrole nitrogens is 1. The summed E-state index contributed by atoms with van der Waals surface area (Å²) in [6.45, 7) is 12.1. The zero-order valence-electron chi connectivity index (χ0n) is 46.4. The van der Waals surface area contributed by atoms with Crippen molar-refractivity contribution < 1.29 is 28.6 Å². The molecular formula is C58H72N12O6Si. The van der Waals surface area contributed by atoms with E-state index in [0.29, 0.717) is 55.4 Å². The molecule has 0 saturated carbocycles. The Bertz CT molecular complexity index is 3350. The van der Waals surface area contributed by atoms with Crippen molar-refractivity contribution in [2.75, 3.05) is 99.5 Å². The fourth-order valence-corrected chi connectivity index (χ4v) is 9.20. The number of pyridine rings is 2. The molecule has 0 atom stereocenters. The molecule has 0 aliphatic heterocycles. The van der Waals surface area contributed by atoms with Crippen molar-refractivity contribution in [2.24, 2.45) is 0 Å². The number of carbonyl (C=O) groups excluding carboxylic acids is 3. The molecule has 8 rings (SSSR count). The third-order valence-corrected chi connectivity index (χ3v) is 14.6. The Morgan fingerprint density at radius 2 is 1.26 bits per heavy atom. The monoisotopic (exact) mass is 1060 g/mol. The number of amides is 3. The first-order chi connectivity index (χ1) is 36.9. The van der Waals surface area contributed by atoms with Crippen molar-refractivity contribution in [3.63, 3.8) is 0 Å². The number of para-hydroxylation sites is 2. The quantitative estimate of drug-likeness (QED) is 0.0394. The van der Waals surface area contributed by atoms with Crippen LogP contribution >= 0.6 is 0 Å². The van der Waals surface area contributed by atoms with Crippen molar-refractivity contribution in [3.05, 3.63) is 121 Å². The number of nitrogens with zero attached hydrogens (tertiary/aromatic N) is 8. The van der Waals surface area contributed by atoms with Crippen LogP contribution in [0.2, 0.25) is 25.7 Å². The molecule has 4 heterocycles. The van der Waals surface area contributed by atoms with Crippen molar-refractivity contribution in [1.29, 1.82) is 0 Å². The highest BCUT2D eigenvalue weighted by molar-refractivity contribution is 6.76. The molecule has 18 nitrogen and oxygen atoms in total. The van der Waals surface area contributed by atoms with Crippen molar-refractivity contribution in [1.82, 2.24) is 50.4 Å². The first-order valence-electron chi connectivity index (χ1n) is 25.5. The summed E-state index contributed by atoms with van der Waals surface area (Å²) in [6, 6.07) is 32.0. The van der Waals surface area contributed by atoms with E-state index in [1.165, 1.54) is 11.8 Å². The molecule has 77 heavy (non-hydrogen) atoms. The molecule has 0 radical (unpaired) electrons. The van der Waals surface area contributed by atoms with Gasteiger partial charge in [0.05, 0.1) is 36.7 Å². The van der Waals surface area contributed by atoms with E-state index in [0.717, 1.165) is 91.0 Å². The average molecular weight is 1060 g/mol. The highest BCUT2D eigenvalue weighted by atomic mass is 28.3. The predicted octanol–water partition coefficient (Wildman–Crippen LogP) is 8.99. The van der Waals surface area contributed by atoms with Crippen LogP contribution in [0, 0.1) is 0 Å². The van der Waals surface area contributed by atoms with Crippen LogP contribution in [0.1, 0.15) is 27.6 Å². The number of anilines is 2. The fourth-order valence-electron chi connectivity index (χ4n) is 8.45. The molecule has 0 unspecified atom stereocenters. The van der Waals surface area contributed by atoms with Crippen LogP contribution in [-0.4, -0.2) is 155 Å². The number of carbonyl (C=O) groups is 3. The van der Waals surface area contributed by atoms with Gasteiger partial charge in [-0.15, -0.1) is 0 Å². The van der Waals surface area contributed by atoms with E-state index in [1.807, 2.05) is 141 Å². The first kappa shape index (κ1) is 56.7. The van der Waals surface area contributed by atoms with Crippen LogP contribution in [0.5, 0.6) is 11.5 Å². The van der Waals surface area contributed by atoms with E-state index in [4.69, 9.17) is 24.3 Å². The lowest BCUT2D eigenvalue weighted by Crippen LogP contribution is -2.33. The maximum atomic E-state index is 12.9. The van der Waals surface area contributed by atoms with Gasteiger partial charge in [0.1, 0.15) is 23.9 Å². The van der Waals surface area contributed by atoms with Gasteiger partial charge in [0.25, 0.3) is 11.8 Å². The largest absolute Gasteiger partial charge is 0.496 e. The van der Waals surface area contributed by atoms with Gasteiger partial charge in [-0.3, -0.25) is 19.5 Å². The highest BCUT2D eigenvalue weighted by Gasteiger charge is 2.22. The Kier molecular flexibility index (Phi) is 18.9. The number of hydrogen-bond donors (Lipinski definition) is 4. The Labute approximate surface area is 452 Å². The van der Waals surface area contributed by atoms with E-state index < -0.39 is 8.07 Å². The number of ether oxygens (including phenoxy) is 3. The van der Waals surface area contributed by atoms with Crippen molar-refractivity contribution in [2.45, 2.75) is 39.3 Å². The summed E-state index contributed by atoms with van der Waals surface area (Å²) in [5.74, 6) is 0.963. The summed E-state index contributed by atoms with van der Waals surface area (Å²) in [5.41, 5.74) is 10.5. The molecule has 0 spiro atoms. The second kappa shape index (κ2) is 25.7. The summed E-state index contributed by atoms with van der Waals surface area (Å²) < 4.78 is 19.1. The zero-order valence-corrected chi connectivity index (χ0v) is 47.4. The van der Waals surface area contributed by atoms with Crippen LogP contribution in [0.25, 0.3) is 66.8 Å². The molecule has 4 aromatic carbocycles. The van der Waals surface area contributed by atoms with Gasteiger partial charge in [0.2, 0.25) is 5.91 Å². The van der Waals surface area contributed by atoms with Crippen molar-refractivity contribution in [3.8, 4) is 56.3 Å². The van der Waals surface area contributed by atoms with Gasteiger partial charge >= 0.3 is 0 Å². The van der Waals surface area contributed by atoms with E-state index in [9.17, 15) is 14.4 Å². The third-order valence-electron chi connectivity index (χ3n) is 12.9. The molecule has 8 aromatic rings. The minimum Gasteiger partial charge on any atom is -0.496 e. The Morgan fingerprint density at radius 3 is 1.87 bits per heavy atom. The maximum absolute atomic E-state index is 12.9. The lowest BCUT2D eigenvalue weighted by atomic mass is 10.0. The Morgan fingerprint density at radius 1 is 0.688 bits per heavy atom. The van der Waals surface area contributed by atoms with Crippen LogP contribution in [-0.2, 0) is 16.3 Å². The molecule has 404 valence electrons. The standard InChI is InChI=1S/C31H42N6O3Si.C27H30N6O3/c1-32-27-19-22(12-13-24(27)31(38)33-14-15-36(2)3)23-18-26-29(25-10-8-9-11-28(25)39-4)35-37(30(26)34-20-23)21-40-16-17-41(5,6)7;1-17(34)33(4)23-15-18(10-11-20(23)27(35)28-12-13-32(2)3)19-14-22-25(30-31-26(22)29-16-19)21-8-6-7-9-24(21)36-5/h8-13,18-20,32H,14-17,21H2,1-7H3,(H,33,38);6-11,14-16H,12-13H2,1-5H3,(H,28,35)(H,29,30,31). The van der Waals surface area contributed by atoms with Crippen LogP contribution in [0.15, 0.2) is 109 Å². The first-order valence-corrected chi connectivity index (χ1v) is 29.2. The minimum atomic E-state index is -1.20. The second-order valence-corrected chi connectivity index (χ2v) is 25.9. The van der Waals surface area contributed by atoms with Crippen LogP contribution in [0.3, 0.4) is 0 Å². The molecule has 3 amide bonds. The number of fused-ring (bicyclic) bond motifs is 2. The Balaban J connectivity index is 0.000000225. The average Bonchev–Trinajstić information content (AvgIpc) is 4.11. The number of benzene rings is 4. The third kappa shape index (κ3) is 14.1. The molecule has 4 aromatic heterocycles. The number of aromatic nitrogens is 6. The van der Waals surface area contributed by atoms with Gasteiger partial charge in [-0.05, 0) is 106 Å². The van der Waals surface area contributed by atoms with Gasteiger partial charge in [-0.2, -0.15) is 10.2 Å². The summed E-state index contributed by atoms with van der Waals surface area (Å²) >= 11 is 0. The zero-order chi connectivity index (χ0) is 55.4. The van der Waals surface area contributed by atoms with Gasteiger partial charge in [0, 0.05) is 113 Å². The molecule has 0 fully saturated rings. The molecule has 0 bridgehead atoms. The number of aromatic amines is 1. The number of methoxy groups -OCH3 is 2. The molecule has 19 heteroatoms. The Hall–Kier alpha value is -7.97. The SMILES string of the molecule is CNc1cc(-c2cnc3c(c2)c(-c2ccccc2OC)nn3COCC[Si](C)(C)C)ccc1C(=O)NCCN(C)C.COc1ccccc1-c1[nH]nc2ncc(-c3ccc(C(=O)NCCN(C)C)c(N(C)C(C)=O)c3)cc12. The second-order valence-electron chi connectivity index (χ2n) is 20.3. The number of nitrogens with one attached hydrogen (secondary N) is 4. The number of rotatable bonds is 21. The molecule has 0 aliphatic carbocycles. The smallest absolute Gasteiger partial charge is 0.253 e. The summed E-state index contributed by atoms with van der Waals surface area (Å²) in [6.07, 6.45) is 3.58.